The van der Waals surface area contributed by atoms with E-state index < -0.39 is 42.3 Å². The molecule has 1 aliphatic heterocycles. The Bertz CT molecular complexity index is 1030. The Morgan fingerprint density at radius 3 is 2.44 bits per heavy atom. The van der Waals surface area contributed by atoms with Crippen molar-refractivity contribution in [1.82, 2.24) is 24.2 Å². The summed E-state index contributed by atoms with van der Waals surface area (Å²) in [5.74, 6) is -1.26. The average molecular weight is 465 g/mol. The van der Waals surface area contributed by atoms with Crippen molar-refractivity contribution in [2.75, 3.05) is 6.54 Å². The summed E-state index contributed by atoms with van der Waals surface area (Å²) in [7, 11) is 0. The zero-order valence-electron chi connectivity index (χ0n) is 17.2. The van der Waals surface area contributed by atoms with Crippen LogP contribution in [0.2, 0.25) is 0 Å². The topological polar surface area (TPSA) is 76.2 Å². The van der Waals surface area contributed by atoms with Gasteiger partial charge in [-0.3, -0.25) is 9.48 Å². The Labute approximate surface area is 178 Å². The van der Waals surface area contributed by atoms with Crippen LogP contribution < -0.4 is 0 Å². The van der Waals surface area contributed by atoms with Crippen LogP contribution in [0.5, 0.6) is 0 Å². The van der Waals surface area contributed by atoms with Crippen LogP contribution in [0, 0.1) is 0 Å². The third-order valence-electron chi connectivity index (χ3n) is 5.78. The summed E-state index contributed by atoms with van der Waals surface area (Å²) in [5.41, 5.74) is -2.70. The van der Waals surface area contributed by atoms with Crippen molar-refractivity contribution in [1.29, 1.82) is 0 Å². The van der Waals surface area contributed by atoms with Gasteiger partial charge in [-0.15, -0.1) is 0 Å². The first-order chi connectivity index (χ1) is 14.7. The summed E-state index contributed by atoms with van der Waals surface area (Å²) >= 11 is 0. The first-order valence-electron chi connectivity index (χ1n) is 9.98. The quantitative estimate of drug-likeness (QED) is 0.702. The summed E-state index contributed by atoms with van der Waals surface area (Å²) in [6.45, 7) is 0.742. The number of amides is 1. The van der Waals surface area contributed by atoms with Crippen LogP contribution in [-0.2, 0) is 18.7 Å². The fraction of sp³-hybridized carbons (Fsp3) is 0.632. The van der Waals surface area contributed by atoms with E-state index in [1.807, 2.05) is 0 Å². The minimum atomic E-state index is -4.95. The molecule has 0 saturated heterocycles. The Morgan fingerprint density at radius 1 is 1.22 bits per heavy atom. The van der Waals surface area contributed by atoms with Crippen LogP contribution >= 0.6 is 0 Å². The van der Waals surface area contributed by atoms with Gasteiger partial charge in [0, 0.05) is 18.2 Å². The molecule has 0 aromatic carbocycles. The van der Waals surface area contributed by atoms with E-state index in [4.69, 9.17) is 0 Å². The van der Waals surface area contributed by atoms with Gasteiger partial charge in [0.1, 0.15) is 6.54 Å². The van der Waals surface area contributed by atoms with Crippen LogP contribution in [0.1, 0.15) is 66.3 Å². The lowest BCUT2D eigenvalue weighted by molar-refractivity contribution is -0.263. The molecule has 7 nitrogen and oxygen atoms in total. The first-order valence-corrected chi connectivity index (χ1v) is 9.98. The molecule has 1 amide bonds. The number of carbonyl (C=O) groups excluding carboxylic acids is 1. The van der Waals surface area contributed by atoms with Crippen molar-refractivity contribution in [2.45, 2.75) is 69.7 Å². The molecule has 1 aliphatic carbocycles. The number of carbonyl (C=O) groups is 1. The second kappa shape index (κ2) is 7.22. The highest BCUT2D eigenvalue weighted by Crippen LogP contribution is 2.42. The zero-order valence-corrected chi connectivity index (χ0v) is 17.2. The molecule has 1 saturated carbocycles. The molecule has 3 heterocycles. The average Bonchev–Trinajstić information content (AvgIpc) is 3.25. The van der Waals surface area contributed by atoms with E-state index in [0.29, 0.717) is 12.6 Å². The molecule has 1 fully saturated rings. The smallest absolute Gasteiger partial charge is 0.374 e. The summed E-state index contributed by atoms with van der Waals surface area (Å²) in [4.78, 5) is 18.1. The number of hydrogen-bond acceptors (Lipinski definition) is 4. The van der Waals surface area contributed by atoms with Gasteiger partial charge < -0.3 is 14.6 Å². The number of aromatic nitrogens is 4. The molecular weight excluding hydrogens is 444 g/mol. The van der Waals surface area contributed by atoms with Gasteiger partial charge in [0.05, 0.1) is 24.5 Å². The number of fused-ring (bicyclic) bond motifs is 1. The predicted octanol–water partition coefficient (Wildman–Crippen LogP) is 3.51. The van der Waals surface area contributed by atoms with E-state index in [1.165, 1.54) is 15.5 Å². The maximum Gasteiger partial charge on any atom is 0.424 e. The molecule has 13 heteroatoms. The normalized spacial score (nSPS) is 21.4. The monoisotopic (exact) mass is 465 g/mol. The standard InChI is InChI=1S/C19H21F6N5O2/c1-10-7-28(8-12-6-26-16(30(10)12)17(2,32)19(23,24)25)15(31)13-5-14(11-3-4-11)29(27-13)9-18(20,21)22/h5-6,10-11,32H,3-4,7-9H2,1-2H3/t10-,17?/m0/s1. The van der Waals surface area contributed by atoms with Gasteiger partial charge in [0.15, 0.2) is 11.5 Å². The fourth-order valence-electron chi connectivity index (χ4n) is 4.01. The lowest BCUT2D eigenvalue weighted by Gasteiger charge is -2.35. The Kier molecular flexibility index (Phi) is 5.10. The van der Waals surface area contributed by atoms with E-state index in [9.17, 15) is 36.2 Å². The van der Waals surface area contributed by atoms with Gasteiger partial charge in [-0.25, -0.2) is 4.98 Å². The van der Waals surface area contributed by atoms with Crippen molar-refractivity contribution in [3.8, 4) is 0 Å². The van der Waals surface area contributed by atoms with E-state index in [2.05, 4.69) is 10.1 Å². The minimum absolute atomic E-state index is 0.0198. The minimum Gasteiger partial charge on any atom is -0.374 e. The predicted molar refractivity (Wildman–Crippen MR) is 97.6 cm³/mol. The van der Waals surface area contributed by atoms with Crippen molar-refractivity contribution < 1.29 is 36.2 Å². The maximum atomic E-state index is 13.3. The van der Waals surface area contributed by atoms with E-state index in [1.54, 1.807) is 6.92 Å². The van der Waals surface area contributed by atoms with Gasteiger partial charge in [-0.1, -0.05) is 0 Å². The summed E-state index contributed by atoms with van der Waals surface area (Å²) in [6, 6.07) is 0.705. The number of imidazole rings is 1. The first kappa shape index (κ1) is 22.6. The molecule has 2 aromatic rings. The number of hydrogen-bond donors (Lipinski definition) is 1. The highest BCUT2D eigenvalue weighted by Gasteiger charge is 2.55. The molecular formula is C19H21F6N5O2. The van der Waals surface area contributed by atoms with Crippen LogP contribution in [0.15, 0.2) is 12.3 Å². The third-order valence-corrected chi connectivity index (χ3v) is 5.78. The second-order valence-electron chi connectivity index (χ2n) is 8.55. The highest BCUT2D eigenvalue weighted by molar-refractivity contribution is 5.92. The van der Waals surface area contributed by atoms with Crippen molar-refractivity contribution in [3.05, 3.63) is 35.2 Å². The fourth-order valence-corrected chi connectivity index (χ4v) is 4.01. The maximum absolute atomic E-state index is 13.3. The third kappa shape index (κ3) is 3.97. The number of rotatable bonds is 4. The second-order valence-corrected chi connectivity index (χ2v) is 8.55. The number of nitrogens with zero attached hydrogens (tertiary/aromatic N) is 5. The lowest BCUT2D eigenvalue weighted by Crippen LogP contribution is -2.45. The van der Waals surface area contributed by atoms with Crippen LogP contribution in [0.4, 0.5) is 26.3 Å². The molecule has 0 radical (unpaired) electrons. The van der Waals surface area contributed by atoms with Crippen LogP contribution in [0.25, 0.3) is 0 Å². The molecule has 176 valence electrons. The molecule has 1 unspecified atom stereocenters. The lowest BCUT2D eigenvalue weighted by atomic mass is 10.0. The van der Waals surface area contributed by atoms with Gasteiger partial charge in [0.2, 0.25) is 5.60 Å². The number of halogens is 6. The van der Waals surface area contributed by atoms with Crippen molar-refractivity contribution >= 4 is 5.91 Å². The molecule has 2 aliphatic rings. The van der Waals surface area contributed by atoms with Crippen molar-refractivity contribution in [2.24, 2.45) is 0 Å². The van der Waals surface area contributed by atoms with Gasteiger partial charge >= 0.3 is 12.4 Å². The molecule has 4 rings (SSSR count). The van der Waals surface area contributed by atoms with E-state index in [0.717, 1.165) is 23.7 Å². The van der Waals surface area contributed by atoms with Crippen molar-refractivity contribution in [3.63, 3.8) is 0 Å². The molecule has 0 bridgehead atoms. The Morgan fingerprint density at radius 2 is 1.88 bits per heavy atom. The zero-order chi connectivity index (χ0) is 23.6. The summed E-state index contributed by atoms with van der Waals surface area (Å²) < 4.78 is 80.6. The Hall–Kier alpha value is -2.57. The van der Waals surface area contributed by atoms with Gasteiger partial charge in [-0.2, -0.15) is 31.4 Å². The molecule has 2 atom stereocenters. The number of aliphatic hydroxyl groups is 1. The molecule has 32 heavy (non-hydrogen) atoms. The summed E-state index contributed by atoms with van der Waals surface area (Å²) in [5, 5.41) is 13.9. The molecule has 0 spiro atoms. The highest BCUT2D eigenvalue weighted by atomic mass is 19.4. The molecule has 2 aromatic heterocycles. The van der Waals surface area contributed by atoms with E-state index in [-0.39, 0.29) is 30.4 Å². The van der Waals surface area contributed by atoms with Crippen LogP contribution in [0.3, 0.4) is 0 Å². The number of alkyl halides is 6. The Balaban J connectivity index is 1.60. The van der Waals surface area contributed by atoms with Gasteiger partial charge in [-0.05, 0) is 32.8 Å². The SMILES string of the molecule is C[C@H]1CN(C(=O)c2cc(C3CC3)n(CC(F)(F)F)n2)Cc2cnc(C(C)(O)C(F)(F)F)n21. The summed E-state index contributed by atoms with van der Waals surface area (Å²) in [6.07, 6.45) is -6.85. The van der Waals surface area contributed by atoms with Crippen LogP contribution in [-0.4, -0.2) is 54.1 Å². The van der Waals surface area contributed by atoms with E-state index >= 15 is 0 Å². The largest absolute Gasteiger partial charge is 0.424 e. The molecule has 1 N–H and O–H groups in total. The van der Waals surface area contributed by atoms with Gasteiger partial charge in [0.25, 0.3) is 5.91 Å².